The number of carbonyl (C=O) groups excluding carboxylic acids is 1. The summed E-state index contributed by atoms with van der Waals surface area (Å²) >= 11 is 0. The van der Waals surface area contributed by atoms with Crippen LogP contribution in [0.15, 0.2) is 30.6 Å². The van der Waals surface area contributed by atoms with E-state index in [0.29, 0.717) is 0 Å². The van der Waals surface area contributed by atoms with Crippen LogP contribution in [0.25, 0.3) is 0 Å². The van der Waals surface area contributed by atoms with Gasteiger partial charge in [-0.2, -0.15) is 0 Å². The van der Waals surface area contributed by atoms with Gasteiger partial charge in [-0.05, 0) is 12.1 Å². The molecule has 0 unspecified atom stereocenters. The predicted octanol–water partition coefficient (Wildman–Crippen LogP) is 0.894. The number of hydrogen-bond acceptors (Lipinski definition) is 2. The standard InChI is InChI=1S/C5H5N.CH2O.Co/c1-2-4-6-5-3-1;1-2;/h1-5H;1H2;. The molecule has 0 aromatic carbocycles. The minimum Gasteiger partial charge on any atom is -0.307 e. The number of aromatic nitrogens is 1. The zero-order chi connectivity index (χ0) is 6.24. The molecule has 0 atom stereocenters. The van der Waals surface area contributed by atoms with Gasteiger partial charge in [0.1, 0.15) is 6.79 Å². The summed E-state index contributed by atoms with van der Waals surface area (Å²) in [4.78, 5) is 11.8. The molecule has 0 aliphatic rings. The molecular formula is C6H7CoNO. The Labute approximate surface area is 64.5 Å². The molecule has 1 radical (unpaired) electrons. The van der Waals surface area contributed by atoms with Crippen LogP contribution in [-0.4, -0.2) is 11.8 Å². The fourth-order valence-electron chi connectivity index (χ4n) is 0.313. The van der Waals surface area contributed by atoms with Crippen molar-refractivity contribution < 1.29 is 21.6 Å². The second-order valence-corrected chi connectivity index (χ2v) is 1.02. The zero-order valence-electron chi connectivity index (χ0n) is 4.78. The molecule has 9 heavy (non-hydrogen) atoms. The van der Waals surface area contributed by atoms with Gasteiger partial charge in [-0.15, -0.1) is 0 Å². The van der Waals surface area contributed by atoms with Crippen LogP contribution in [0.2, 0.25) is 0 Å². The molecular weight excluding hydrogens is 161 g/mol. The Balaban J connectivity index is 0. The van der Waals surface area contributed by atoms with E-state index in [0.717, 1.165) is 0 Å². The molecule has 3 heteroatoms. The smallest absolute Gasteiger partial charge is 0.106 e. The first-order valence-corrected chi connectivity index (χ1v) is 2.14. The molecule has 0 bridgehead atoms. The van der Waals surface area contributed by atoms with Gasteiger partial charge in [-0.25, -0.2) is 0 Å². The minimum absolute atomic E-state index is 0. The van der Waals surface area contributed by atoms with Crippen LogP contribution in [-0.2, 0) is 21.6 Å². The summed E-state index contributed by atoms with van der Waals surface area (Å²) in [6.45, 7) is 2.00. The first-order valence-electron chi connectivity index (χ1n) is 2.14. The van der Waals surface area contributed by atoms with Crippen LogP contribution >= 0.6 is 0 Å². The minimum atomic E-state index is 0. The zero-order valence-corrected chi connectivity index (χ0v) is 5.82. The molecule has 0 amide bonds. The van der Waals surface area contributed by atoms with Crippen LogP contribution in [0, 0.1) is 0 Å². The molecule has 0 saturated heterocycles. The van der Waals surface area contributed by atoms with E-state index in [9.17, 15) is 0 Å². The maximum absolute atomic E-state index is 8.00. The van der Waals surface area contributed by atoms with Crippen molar-refractivity contribution in [2.45, 2.75) is 0 Å². The molecule has 0 aliphatic carbocycles. The average molecular weight is 168 g/mol. The number of rotatable bonds is 0. The van der Waals surface area contributed by atoms with Crippen LogP contribution in [0.3, 0.4) is 0 Å². The monoisotopic (exact) mass is 168 g/mol. The molecule has 0 N–H and O–H groups in total. The molecule has 1 aromatic heterocycles. The van der Waals surface area contributed by atoms with Gasteiger partial charge in [0, 0.05) is 29.2 Å². The predicted molar refractivity (Wildman–Crippen MR) is 31.4 cm³/mol. The average Bonchev–Trinajstić information content (AvgIpc) is 1.96. The molecule has 1 aromatic rings. The third-order valence-corrected chi connectivity index (χ3v) is 0.566. The van der Waals surface area contributed by atoms with Gasteiger partial charge < -0.3 is 4.79 Å². The topological polar surface area (TPSA) is 30.0 Å². The summed E-state index contributed by atoms with van der Waals surface area (Å²) in [5, 5.41) is 0. The van der Waals surface area contributed by atoms with Crippen LogP contribution < -0.4 is 0 Å². The van der Waals surface area contributed by atoms with Gasteiger partial charge in [-0.3, -0.25) is 4.98 Å². The van der Waals surface area contributed by atoms with E-state index < -0.39 is 0 Å². The van der Waals surface area contributed by atoms with Gasteiger partial charge in [0.2, 0.25) is 0 Å². The van der Waals surface area contributed by atoms with Crippen LogP contribution in [0.5, 0.6) is 0 Å². The van der Waals surface area contributed by atoms with Gasteiger partial charge in [0.15, 0.2) is 0 Å². The van der Waals surface area contributed by atoms with E-state index in [1.165, 1.54) is 0 Å². The summed E-state index contributed by atoms with van der Waals surface area (Å²) in [5.74, 6) is 0. The van der Waals surface area contributed by atoms with Gasteiger partial charge >= 0.3 is 0 Å². The van der Waals surface area contributed by atoms with Crippen molar-refractivity contribution in [3.05, 3.63) is 30.6 Å². The number of carbonyl (C=O) groups is 1. The van der Waals surface area contributed by atoms with Crippen molar-refractivity contribution in [3.63, 3.8) is 0 Å². The molecule has 1 heterocycles. The van der Waals surface area contributed by atoms with Crippen LogP contribution in [0.4, 0.5) is 0 Å². The van der Waals surface area contributed by atoms with Crippen molar-refractivity contribution in [1.29, 1.82) is 0 Å². The Morgan fingerprint density at radius 3 is 1.56 bits per heavy atom. The summed E-state index contributed by atoms with van der Waals surface area (Å²) in [7, 11) is 0. The summed E-state index contributed by atoms with van der Waals surface area (Å²) in [6.07, 6.45) is 3.50. The Kier molecular flexibility index (Phi) is 12.8. The quantitative estimate of drug-likeness (QED) is 0.575. The first kappa shape index (κ1) is 11.2. The van der Waals surface area contributed by atoms with Gasteiger partial charge in [0.05, 0.1) is 0 Å². The number of pyridine rings is 1. The molecule has 2 nitrogen and oxygen atoms in total. The van der Waals surface area contributed by atoms with Crippen molar-refractivity contribution in [1.82, 2.24) is 4.98 Å². The third kappa shape index (κ3) is 7.33. The summed E-state index contributed by atoms with van der Waals surface area (Å²) < 4.78 is 0. The SMILES string of the molecule is C=O.[Co].c1ccncc1. The van der Waals surface area contributed by atoms with Crippen molar-refractivity contribution in [2.75, 3.05) is 0 Å². The fourth-order valence-corrected chi connectivity index (χ4v) is 0.313. The molecule has 1 rings (SSSR count). The Morgan fingerprint density at radius 1 is 1.00 bits per heavy atom. The molecule has 0 saturated carbocycles. The second-order valence-electron chi connectivity index (χ2n) is 1.02. The van der Waals surface area contributed by atoms with E-state index in [1.54, 1.807) is 12.4 Å². The number of hydrogen-bond donors (Lipinski definition) is 0. The Bertz CT molecular complexity index is 95.9. The molecule has 0 fully saturated rings. The fraction of sp³-hybridized carbons (Fsp3) is 0. The van der Waals surface area contributed by atoms with E-state index >= 15 is 0 Å². The summed E-state index contributed by atoms with van der Waals surface area (Å²) in [5.41, 5.74) is 0. The maximum Gasteiger partial charge on any atom is 0.106 e. The summed E-state index contributed by atoms with van der Waals surface area (Å²) in [6, 6.07) is 5.72. The Hall–Kier alpha value is -0.674. The van der Waals surface area contributed by atoms with Crippen molar-refractivity contribution in [3.8, 4) is 0 Å². The molecule has 0 spiro atoms. The molecule has 0 aliphatic heterocycles. The van der Waals surface area contributed by atoms with Crippen LogP contribution in [0.1, 0.15) is 0 Å². The van der Waals surface area contributed by atoms with E-state index in [4.69, 9.17) is 4.79 Å². The third-order valence-electron chi connectivity index (χ3n) is 0.566. The van der Waals surface area contributed by atoms with Gasteiger partial charge in [-0.1, -0.05) is 6.07 Å². The van der Waals surface area contributed by atoms with Gasteiger partial charge in [0.25, 0.3) is 0 Å². The van der Waals surface area contributed by atoms with E-state index in [2.05, 4.69) is 4.98 Å². The van der Waals surface area contributed by atoms with E-state index in [-0.39, 0.29) is 16.8 Å². The maximum atomic E-state index is 8.00. The first-order chi connectivity index (χ1) is 4.00. The van der Waals surface area contributed by atoms with Crippen molar-refractivity contribution >= 4 is 6.79 Å². The largest absolute Gasteiger partial charge is 0.307 e. The Morgan fingerprint density at radius 2 is 1.44 bits per heavy atom. The second kappa shape index (κ2) is 10.3. The van der Waals surface area contributed by atoms with Crippen molar-refractivity contribution in [2.24, 2.45) is 0 Å². The number of nitrogens with zero attached hydrogens (tertiary/aromatic N) is 1. The normalized spacial score (nSPS) is 5.78. The van der Waals surface area contributed by atoms with E-state index in [1.807, 2.05) is 25.0 Å². The molecule has 51 valence electrons.